The molecule has 3 rings (SSSR count). The zero-order chi connectivity index (χ0) is 10.1. The van der Waals surface area contributed by atoms with Crippen molar-refractivity contribution >= 4 is 5.70 Å². The lowest BCUT2D eigenvalue weighted by atomic mass is 10.3. The van der Waals surface area contributed by atoms with Crippen LogP contribution in [0.5, 0.6) is 0 Å². The first-order valence-corrected chi connectivity index (χ1v) is 4.73. The van der Waals surface area contributed by atoms with Gasteiger partial charge in [0, 0.05) is 6.20 Å². The third-order valence-electron chi connectivity index (χ3n) is 2.35. The van der Waals surface area contributed by atoms with Crippen LogP contribution < -0.4 is 5.32 Å². The molecule has 0 aliphatic carbocycles. The molecule has 3 N–H and O–H groups in total. The van der Waals surface area contributed by atoms with Crippen LogP contribution in [0.15, 0.2) is 36.5 Å². The number of H-pyrrole nitrogens is 2. The van der Waals surface area contributed by atoms with E-state index in [9.17, 15) is 0 Å². The van der Waals surface area contributed by atoms with Gasteiger partial charge in [0.15, 0.2) is 11.8 Å². The van der Waals surface area contributed by atoms with Gasteiger partial charge in [0.1, 0.15) is 6.08 Å². The minimum absolute atomic E-state index is 0.993. The summed E-state index contributed by atoms with van der Waals surface area (Å²) in [5.41, 5.74) is 4.19. The summed E-state index contributed by atoms with van der Waals surface area (Å²) in [5.74, 6) is 0. The fourth-order valence-electron chi connectivity index (χ4n) is 1.60. The number of aromatic nitrogens is 2. The van der Waals surface area contributed by atoms with Crippen LogP contribution in [0, 0.1) is 12.3 Å². The molecule has 0 fully saturated rings. The highest BCUT2D eigenvalue weighted by Crippen LogP contribution is 2.20. The highest BCUT2D eigenvalue weighted by molar-refractivity contribution is 5.68. The van der Waals surface area contributed by atoms with Crippen molar-refractivity contribution in [2.75, 3.05) is 0 Å². The molecule has 15 heavy (non-hydrogen) atoms. The Morgan fingerprint density at radius 3 is 2.73 bits per heavy atom. The average Bonchev–Trinajstić information content (AvgIpc) is 3.02. The SMILES string of the molecule is [C]1=[C+]C=C(c2ccc(-c3ccc[nH]3)[nH]2)N1. The van der Waals surface area contributed by atoms with Gasteiger partial charge in [-0.3, -0.25) is 0 Å². The van der Waals surface area contributed by atoms with Crippen molar-refractivity contribution in [3.8, 4) is 11.4 Å². The summed E-state index contributed by atoms with van der Waals surface area (Å²) in [6.45, 7) is 0. The largest absolute Gasteiger partial charge is 0.360 e. The minimum atomic E-state index is 0.993. The first-order valence-electron chi connectivity index (χ1n) is 4.73. The maximum atomic E-state index is 3.32. The summed E-state index contributed by atoms with van der Waals surface area (Å²) in [6.07, 6.45) is 9.43. The van der Waals surface area contributed by atoms with Gasteiger partial charge in [-0.15, -0.1) is 0 Å². The molecular formula is C12H9N3+. The molecule has 2 aromatic heterocycles. The highest BCUT2D eigenvalue weighted by Gasteiger charge is 2.16. The van der Waals surface area contributed by atoms with Gasteiger partial charge in [0.05, 0.1) is 11.4 Å². The zero-order valence-corrected chi connectivity index (χ0v) is 7.96. The number of rotatable bonds is 2. The predicted octanol–water partition coefficient (Wildman–Crippen LogP) is 2.07. The zero-order valence-electron chi connectivity index (χ0n) is 7.96. The van der Waals surface area contributed by atoms with Crippen molar-refractivity contribution in [3.05, 3.63) is 54.5 Å². The first kappa shape index (κ1) is 8.09. The van der Waals surface area contributed by atoms with E-state index < -0.39 is 0 Å². The molecule has 1 aliphatic rings. The molecule has 3 heterocycles. The first-order chi connectivity index (χ1) is 7.43. The van der Waals surface area contributed by atoms with Crippen molar-refractivity contribution in [2.24, 2.45) is 0 Å². The van der Waals surface area contributed by atoms with Gasteiger partial charge in [-0.25, -0.2) is 5.32 Å². The number of nitrogens with one attached hydrogen (secondary N) is 3. The Hall–Kier alpha value is -2.25. The topological polar surface area (TPSA) is 43.6 Å². The van der Waals surface area contributed by atoms with Crippen LogP contribution in [0.2, 0.25) is 0 Å². The number of allylic oxidation sites excluding steroid dienone is 2. The summed E-state index contributed by atoms with van der Waals surface area (Å²) in [5, 5.41) is 2.99. The Balaban J connectivity index is 1.94. The van der Waals surface area contributed by atoms with Crippen LogP contribution in [-0.2, 0) is 0 Å². The molecule has 3 heteroatoms. The van der Waals surface area contributed by atoms with Crippen molar-refractivity contribution in [1.29, 1.82) is 0 Å². The van der Waals surface area contributed by atoms with Crippen molar-refractivity contribution in [2.45, 2.75) is 0 Å². The van der Waals surface area contributed by atoms with Crippen LogP contribution in [0.4, 0.5) is 0 Å². The molecule has 0 amide bonds. The number of hydrogen-bond acceptors (Lipinski definition) is 1. The van der Waals surface area contributed by atoms with E-state index in [0.717, 1.165) is 22.8 Å². The van der Waals surface area contributed by atoms with Gasteiger partial charge in [0.25, 0.3) is 6.20 Å². The molecule has 1 aliphatic heterocycles. The van der Waals surface area contributed by atoms with E-state index in [0.29, 0.717) is 0 Å². The maximum absolute atomic E-state index is 3.32. The Morgan fingerprint density at radius 1 is 1.07 bits per heavy atom. The van der Waals surface area contributed by atoms with Gasteiger partial charge < -0.3 is 9.97 Å². The Bertz CT molecular complexity index is 515. The second-order valence-electron chi connectivity index (χ2n) is 3.32. The van der Waals surface area contributed by atoms with Gasteiger partial charge in [-0.05, 0) is 24.3 Å². The molecule has 2 aromatic rings. The Labute approximate surface area is 87.5 Å². The van der Waals surface area contributed by atoms with Crippen LogP contribution in [0.3, 0.4) is 0 Å². The van der Waals surface area contributed by atoms with Crippen molar-refractivity contribution in [1.82, 2.24) is 15.3 Å². The monoisotopic (exact) mass is 195 g/mol. The summed E-state index contributed by atoms with van der Waals surface area (Å²) in [7, 11) is 0. The van der Waals surface area contributed by atoms with E-state index in [1.54, 1.807) is 0 Å². The lowest BCUT2D eigenvalue weighted by molar-refractivity contribution is 1.17. The van der Waals surface area contributed by atoms with E-state index in [-0.39, 0.29) is 0 Å². The molecule has 0 saturated carbocycles. The third-order valence-corrected chi connectivity index (χ3v) is 2.35. The van der Waals surface area contributed by atoms with Crippen LogP contribution in [0.1, 0.15) is 5.69 Å². The summed E-state index contributed by atoms with van der Waals surface area (Å²) >= 11 is 0. The molecule has 0 spiro atoms. The lowest BCUT2D eigenvalue weighted by Gasteiger charge is -1.92. The normalized spacial score (nSPS) is 13.5. The molecule has 0 bridgehead atoms. The second kappa shape index (κ2) is 3.15. The summed E-state index contributed by atoms with van der Waals surface area (Å²) in [4.78, 5) is 6.47. The standard InChI is InChI=1S/C12H9N3/c1-3-9(13-7-1)11-5-6-12(15-11)10-4-2-8-14-10/h1,3-7,13-15H/q+1. The molecule has 0 saturated heterocycles. The Kier molecular flexibility index (Phi) is 1.70. The smallest absolute Gasteiger partial charge is 0.261 e. The van der Waals surface area contributed by atoms with Crippen molar-refractivity contribution in [3.63, 3.8) is 0 Å². The van der Waals surface area contributed by atoms with Gasteiger partial charge in [0.2, 0.25) is 5.70 Å². The average molecular weight is 195 g/mol. The molecule has 0 aromatic carbocycles. The van der Waals surface area contributed by atoms with E-state index >= 15 is 0 Å². The third kappa shape index (κ3) is 1.35. The van der Waals surface area contributed by atoms with E-state index in [2.05, 4.69) is 27.6 Å². The predicted molar refractivity (Wildman–Crippen MR) is 58.2 cm³/mol. The quantitative estimate of drug-likeness (QED) is 0.631. The molecular weight excluding hydrogens is 186 g/mol. The fraction of sp³-hybridized carbons (Fsp3) is 0. The molecule has 1 radical (unpaired) electrons. The second-order valence-corrected chi connectivity index (χ2v) is 3.32. The van der Waals surface area contributed by atoms with Crippen LogP contribution in [-0.4, -0.2) is 9.97 Å². The van der Waals surface area contributed by atoms with E-state index in [1.165, 1.54) is 0 Å². The minimum Gasteiger partial charge on any atom is -0.360 e. The number of hydrogen-bond donors (Lipinski definition) is 3. The van der Waals surface area contributed by atoms with Crippen LogP contribution >= 0.6 is 0 Å². The summed E-state index contributed by atoms with van der Waals surface area (Å²) < 4.78 is 0. The molecule has 71 valence electrons. The maximum Gasteiger partial charge on any atom is 0.261 e. The van der Waals surface area contributed by atoms with Crippen molar-refractivity contribution < 1.29 is 0 Å². The molecule has 0 unspecified atom stereocenters. The van der Waals surface area contributed by atoms with Gasteiger partial charge >= 0.3 is 0 Å². The van der Waals surface area contributed by atoms with E-state index in [1.807, 2.05) is 36.5 Å². The molecule has 0 atom stereocenters. The van der Waals surface area contributed by atoms with Gasteiger partial charge in [-0.2, -0.15) is 0 Å². The van der Waals surface area contributed by atoms with Gasteiger partial charge in [-0.1, -0.05) is 0 Å². The Morgan fingerprint density at radius 2 is 2.00 bits per heavy atom. The fourth-order valence-corrected chi connectivity index (χ4v) is 1.60. The number of aromatic amines is 2. The molecule has 3 nitrogen and oxygen atoms in total. The van der Waals surface area contributed by atoms with E-state index in [4.69, 9.17) is 0 Å². The van der Waals surface area contributed by atoms with Crippen LogP contribution in [0.25, 0.3) is 17.1 Å². The highest BCUT2D eigenvalue weighted by atomic mass is 14.9. The lowest BCUT2D eigenvalue weighted by Crippen LogP contribution is -1.99. The summed E-state index contributed by atoms with van der Waals surface area (Å²) in [6, 6.07) is 8.08.